The molecule has 0 radical (unpaired) electrons. The molecule has 1 aliphatic heterocycles. The second-order valence-electron chi connectivity index (χ2n) is 7.58. The van der Waals surface area contributed by atoms with Crippen molar-refractivity contribution in [2.75, 3.05) is 35.8 Å². The number of amides is 1. The SMILES string of the molecule is Cc1ccc(S(=O)(=O)Nc2nc(C)c(C(=O)N3CCN(c4ccccc4F)CC3)s2)cc1. The smallest absolute Gasteiger partial charge is 0.266 e. The molecule has 0 bridgehead atoms. The van der Waals surface area contributed by atoms with Crippen molar-refractivity contribution in [3.8, 4) is 0 Å². The van der Waals surface area contributed by atoms with Crippen LogP contribution < -0.4 is 9.62 Å². The molecule has 1 aromatic heterocycles. The second-order valence-corrected chi connectivity index (χ2v) is 10.3. The zero-order valence-corrected chi connectivity index (χ0v) is 19.3. The standard InChI is InChI=1S/C22H23FN4O3S2/c1-15-7-9-17(10-8-15)32(29,30)25-22-24-16(2)20(31-22)21(28)27-13-11-26(12-14-27)19-6-4-3-5-18(19)23/h3-10H,11-14H2,1-2H3,(H,24,25). The van der Waals surface area contributed by atoms with Crippen LogP contribution in [0.15, 0.2) is 53.4 Å². The Morgan fingerprint density at radius 3 is 2.34 bits per heavy atom. The molecule has 0 atom stereocenters. The summed E-state index contributed by atoms with van der Waals surface area (Å²) in [5, 5.41) is 0.149. The maximum Gasteiger partial charge on any atom is 0.266 e. The molecule has 10 heteroatoms. The van der Waals surface area contributed by atoms with Crippen LogP contribution in [0.4, 0.5) is 15.2 Å². The molecule has 1 fully saturated rings. The second kappa shape index (κ2) is 8.87. The number of sulfonamides is 1. The van der Waals surface area contributed by atoms with Crippen LogP contribution in [0.1, 0.15) is 20.9 Å². The maximum absolute atomic E-state index is 14.0. The van der Waals surface area contributed by atoms with Crippen molar-refractivity contribution >= 4 is 38.1 Å². The Morgan fingerprint density at radius 1 is 1.03 bits per heavy atom. The van der Waals surface area contributed by atoms with Gasteiger partial charge in [0.05, 0.1) is 16.3 Å². The van der Waals surface area contributed by atoms with Crippen LogP contribution in [0.5, 0.6) is 0 Å². The summed E-state index contributed by atoms with van der Waals surface area (Å²) >= 11 is 1.02. The van der Waals surface area contributed by atoms with Gasteiger partial charge in [-0.05, 0) is 38.1 Å². The summed E-state index contributed by atoms with van der Waals surface area (Å²) in [5.74, 6) is -0.481. The Labute approximate surface area is 190 Å². The summed E-state index contributed by atoms with van der Waals surface area (Å²) in [6, 6.07) is 13.1. The fraction of sp³-hybridized carbons (Fsp3) is 0.273. The molecular formula is C22H23FN4O3S2. The first-order valence-corrected chi connectivity index (χ1v) is 12.4. The van der Waals surface area contributed by atoms with E-state index < -0.39 is 10.0 Å². The van der Waals surface area contributed by atoms with E-state index in [9.17, 15) is 17.6 Å². The molecule has 0 saturated carbocycles. The molecule has 3 aromatic rings. The molecule has 4 rings (SSSR count). The van der Waals surface area contributed by atoms with Gasteiger partial charge in [-0.15, -0.1) is 0 Å². The van der Waals surface area contributed by atoms with E-state index in [4.69, 9.17) is 0 Å². The third-order valence-electron chi connectivity index (χ3n) is 5.30. The number of aromatic nitrogens is 1. The minimum atomic E-state index is -3.80. The molecule has 32 heavy (non-hydrogen) atoms. The van der Waals surface area contributed by atoms with Crippen molar-refractivity contribution in [1.29, 1.82) is 0 Å². The average molecular weight is 475 g/mol. The monoisotopic (exact) mass is 474 g/mol. The summed E-state index contributed by atoms with van der Waals surface area (Å²) < 4.78 is 41.8. The summed E-state index contributed by atoms with van der Waals surface area (Å²) in [7, 11) is -3.80. The molecule has 1 saturated heterocycles. The minimum absolute atomic E-state index is 0.132. The van der Waals surface area contributed by atoms with E-state index >= 15 is 0 Å². The van der Waals surface area contributed by atoms with Crippen LogP contribution in [0.2, 0.25) is 0 Å². The van der Waals surface area contributed by atoms with Crippen LogP contribution >= 0.6 is 11.3 Å². The fourth-order valence-corrected chi connectivity index (χ4v) is 5.70. The van der Waals surface area contributed by atoms with Gasteiger partial charge in [-0.25, -0.2) is 17.8 Å². The normalized spacial score (nSPS) is 14.5. The van der Waals surface area contributed by atoms with Crippen molar-refractivity contribution in [2.24, 2.45) is 0 Å². The lowest BCUT2D eigenvalue weighted by atomic mass is 10.2. The molecular weight excluding hydrogens is 451 g/mol. The number of thiazole rings is 1. The van der Waals surface area contributed by atoms with Crippen molar-refractivity contribution in [3.63, 3.8) is 0 Å². The van der Waals surface area contributed by atoms with E-state index in [2.05, 4.69) is 9.71 Å². The Kier molecular flexibility index (Phi) is 6.16. The first kappa shape index (κ1) is 22.2. The first-order chi connectivity index (χ1) is 15.2. The van der Waals surface area contributed by atoms with E-state index in [1.807, 2.05) is 11.8 Å². The molecule has 0 spiro atoms. The summed E-state index contributed by atoms with van der Waals surface area (Å²) in [4.78, 5) is 21.4. The number of nitrogens with one attached hydrogen (secondary N) is 1. The van der Waals surface area contributed by atoms with E-state index in [1.54, 1.807) is 42.2 Å². The summed E-state index contributed by atoms with van der Waals surface area (Å²) in [6.45, 7) is 5.46. The highest BCUT2D eigenvalue weighted by Gasteiger charge is 2.27. The lowest BCUT2D eigenvalue weighted by Crippen LogP contribution is -2.49. The van der Waals surface area contributed by atoms with Gasteiger partial charge in [0.2, 0.25) is 0 Å². The van der Waals surface area contributed by atoms with Gasteiger partial charge in [-0.2, -0.15) is 0 Å². The number of hydrogen-bond acceptors (Lipinski definition) is 6. The minimum Gasteiger partial charge on any atom is -0.366 e. The van der Waals surface area contributed by atoms with E-state index in [1.165, 1.54) is 18.2 Å². The van der Waals surface area contributed by atoms with Crippen molar-refractivity contribution in [1.82, 2.24) is 9.88 Å². The summed E-state index contributed by atoms with van der Waals surface area (Å²) in [5.41, 5.74) is 1.96. The zero-order valence-electron chi connectivity index (χ0n) is 17.7. The highest BCUT2D eigenvalue weighted by Crippen LogP contribution is 2.27. The van der Waals surface area contributed by atoms with Gasteiger partial charge in [0.25, 0.3) is 15.9 Å². The number of halogens is 1. The van der Waals surface area contributed by atoms with E-state index in [0.717, 1.165) is 16.9 Å². The quantitative estimate of drug-likeness (QED) is 0.610. The Balaban J connectivity index is 1.44. The Bertz CT molecular complexity index is 1230. The Morgan fingerprint density at radius 2 is 1.69 bits per heavy atom. The largest absolute Gasteiger partial charge is 0.366 e. The van der Waals surface area contributed by atoms with E-state index in [0.29, 0.717) is 42.4 Å². The predicted molar refractivity (Wildman–Crippen MR) is 123 cm³/mol. The fourth-order valence-electron chi connectivity index (χ4n) is 3.53. The third kappa shape index (κ3) is 4.61. The number of carbonyl (C=O) groups excluding carboxylic acids is 1. The number of carbonyl (C=O) groups is 1. The van der Waals surface area contributed by atoms with Crippen molar-refractivity contribution in [2.45, 2.75) is 18.7 Å². The number of para-hydroxylation sites is 1. The van der Waals surface area contributed by atoms with Gasteiger partial charge in [0, 0.05) is 26.2 Å². The Hall–Kier alpha value is -2.98. The predicted octanol–water partition coefficient (Wildman–Crippen LogP) is 3.66. The van der Waals surface area contributed by atoms with Crippen LogP contribution in [0.25, 0.3) is 0 Å². The molecule has 0 unspecified atom stereocenters. The third-order valence-corrected chi connectivity index (χ3v) is 7.85. The molecule has 0 aliphatic carbocycles. The lowest BCUT2D eigenvalue weighted by Gasteiger charge is -2.36. The number of anilines is 2. The van der Waals surface area contributed by atoms with Gasteiger partial charge in [0.1, 0.15) is 10.7 Å². The number of nitrogens with zero attached hydrogens (tertiary/aromatic N) is 3. The van der Waals surface area contributed by atoms with Gasteiger partial charge < -0.3 is 9.80 Å². The molecule has 2 aromatic carbocycles. The van der Waals surface area contributed by atoms with Gasteiger partial charge in [-0.1, -0.05) is 41.2 Å². The molecule has 168 valence electrons. The maximum atomic E-state index is 14.0. The van der Waals surface area contributed by atoms with Gasteiger partial charge in [0.15, 0.2) is 5.13 Å². The average Bonchev–Trinajstić information content (AvgIpc) is 3.13. The topological polar surface area (TPSA) is 82.6 Å². The molecule has 2 heterocycles. The van der Waals surface area contributed by atoms with Crippen LogP contribution in [0.3, 0.4) is 0 Å². The van der Waals surface area contributed by atoms with E-state index in [-0.39, 0.29) is 21.8 Å². The number of hydrogen-bond donors (Lipinski definition) is 1. The van der Waals surface area contributed by atoms with Crippen LogP contribution in [-0.4, -0.2) is 50.4 Å². The van der Waals surface area contributed by atoms with Gasteiger partial charge >= 0.3 is 0 Å². The molecule has 1 amide bonds. The number of rotatable bonds is 5. The summed E-state index contributed by atoms with van der Waals surface area (Å²) in [6.07, 6.45) is 0. The number of piperazine rings is 1. The highest BCUT2D eigenvalue weighted by molar-refractivity contribution is 7.93. The molecule has 1 aliphatic rings. The van der Waals surface area contributed by atoms with Crippen molar-refractivity contribution in [3.05, 3.63) is 70.5 Å². The molecule has 7 nitrogen and oxygen atoms in total. The number of benzene rings is 2. The van der Waals surface area contributed by atoms with Crippen LogP contribution in [0, 0.1) is 19.7 Å². The number of aryl methyl sites for hydroxylation is 2. The lowest BCUT2D eigenvalue weighted by molar-refractivity contribution is 0.0750. The van der Waals surface area contributed by atoms with Crippen LogP contribution in [-0.2, 0) is 10.0 Å². The first-order valence-electron chi connectivity index (χ1n) is 10.1. The van der Waals surface area contributed by atoms with Crippen molar-refractivity contribution < 1.29 is 17.6 Å². The zero-order chi connectivity index (χ0) is 22.9. The van der Waals surface area contributed by atoms with Gasteiger partial charge in [-0.3, -0.25) is 9.52 Å². The highest BCUT2D eigenvalue weighted by atomic mass is 32.2. The molecule has 1 N–H and O–H groups in total.